The smallest absolute Gasteiger partial charge is 0.335 e. The van der Waals surface area contributed by atoms with E-state index >= 15 is 0 Å². The maximum Gasteiger partial charge on any atom is 0.335 e. The van der Waals surface area contributed by atoms with Crippen LogP contribution in [-0.4, -0.2) is 28.9 Å². The van der Waals surface area contributed by atoms with Crippen LogP contribution in [0.2, 0.25) is 0 Å². The predicted octanol–water partition coefficient (Wildman–Crippen LogP) is 2.89. The van der Waals surface area contributed by atoms with Crippen LogP contribution in [0.4, 0.5) is 11.4 Å². The Labute approximate surface area is 146 Å². The first-order valence-corrected chi connectivity index (χ1v) is 7.97. The fraction of sp³-hybridized carbons (Fsp3) is 0.118. The number of imide groups is 1. The molecular formula is C17H13BrN2O4. The van der Waals surface area contributed by atoms with Crippen molar-refractivity contribution in [2.24, 2.45) is 0 Å². The van der Waals surface area contributed by atoms with Crippen LogP contribution >= 0.6 is 15.9 Å². The van der Waals surface area contributed by atoms with Gasteiger partial charge in [0.25, 0.3) is 5.91 Å². The minimum absolute atomic E-state index is 0.0512. The third kappa shape index (κ3) is 3.16. The standard InChI is InChI=1S/C17H13BrN2O4/c18-11-3-5-12(6-4-11)19-14-9-15(21)20(16(14)22)13-7-1-10(2-8-13)17(23)24/h1-8,14,19H,9H2,(H,23,24)/t14-/m1/s1. The zero-order chi connectivity index (χ0) is 17.3. The van der Waals surface area contributed by atoms with Gasteiger partial charge in [0.15, 0.2) is 0 Å². The average Bonchev–Trinajstić information content (AvgIpc) is 2.83. The highest BCUT2D eigenvalue weighted by molar-refractivity contribution is 9.10. The molecule has 0 radical (unpaired) electrons. The Kier molecular flexibility index (Phi) is 4.35. The van der Waals surface area contributed by atoms with Gasteiger partial charge in [-0.05, 0) is 48.5 Å². The molecule has 2 aromatic rings. The van der Waals surface area contributed by atoms with Gasteiger partial charge in [-0.3, -0.25) is 9.59 Å². The van der Waals surface area contributed by atoms with E-state index in [1.807, 2.05) is 24.3 Å². The van der Waals surface area contributed by atoms with Crippen LogP contribution in [-0.2, 0) is 9.59 Å². The van der Waals surface area contributed by atoms with Crippen molar-refractivity contribution in [3.05, 3.63) is 58.6 Å². The van der Waals surface area contributed by atoms with Crippen LogP contribution in [0, 0.1) is 0 Å². The Hall–Kier alpha value is -2.67. The molecule has 3 rings (SSSR count). The summed E-state index contributed by atoms with van der Waals surface area (Å²) in [5.74, 6) is -1.74. The summed E-state index contributed by atoms with van der Waals surface area (Å²) in [5.41, 5.74) is 1.21. The van der Waals surface area contributed by atoms with E-state index in [9.17, 15) is 14.4 Å². The number of carboxylic acids is 1. The van der Waals surface area contributed by atoms with Crippen molar-refractivity contribution in [3.63, 3.8) is 0 Å². The number of nitrogens with one attached hydrogen (secondary N) is 1. The lowest BCUT2D eigenvalue weighted by molar-refractivity contribution is -0.121. The number of carbonyl (C=O) groups is 3. The maximum absolute atomic E-state index is 12.5. The van der Waals surface area contributed by atoms with Crippen LogP contribution in [0.5, 0.6) is 0 Å². The number of carboxylic acid groups (broad SMARTS) is 1. The lowest BCUT2D eigenvalue weighted by atomic mass is 10.2. The van der Waals surface area contributed by atoms with Gasteiger partial charge in [-0.2, -0.15) is 0 Å². The van der Waals surface area contributed by atoms with Gasteiger partial charge < -0.3 is 10.4 Å². The normalized spacial score (nSPS) is 17.2. The van der Waals surface area contributed by atoms with Crippen LogP contribution in [0.3, 0.4) is 0 Å². The van der Waals surface area contributed by atoms with E-state index in [0.29, 0.717) is 5.69 Å². The van der Waals surface area contributed by atoms with E-state index in [1.54, 1.807) is 0 Å². The molecule has 1 heterocycles. The summed E-state index contributed by atoms with van der Waals surface area (Å²) >= 11 is 3.34. The van der Waals surface area contributed by atoms with Crippen molar-refractivity contribution in [2.75, 3.05) is 10.2 Å². The molecule has 1 aliphatic heterocycles. The Morgan fingerprint density at radius 1 is 1.08 bits per heavy atom. The minimum atomic E-state index is -1.06. The summed E-state index contributed by atoms with van der Waals surface area (Å²) in [6.07, 6.45) is 0.0512. The number of halogens is 1. The fourth-order valence-corrected chi connectivity index (χ4v) is 2.78. The van der Waals surface area contributed by atoms with Gasteiger partial charge >= 0.3 is 5.97 Å². The molecule has 6 nitrogen and oxygen atoms in total. The summed E-state index contributed by atoms with van der Waals surface area (Å²) in [6.45, 7) is 0. The molecule has 122 valence electrons. The van der Waals surface area contributed by atoms with Gasteiger partial charge in [-0.15, -0.1) is 0 Å². The molecule has 0 aromatic heterocycles. The number of carbonyl (C=O) groups excluding carboxylic acids is 2. The first-order valence-electron chi connectivity index (χ1n) is 7.18. The summed E-state index contributed by atoms with van der Waals surface area (Å²) < 4.78 is 0.919. The molecule has 1 atom stereocenters. The first-order chi connectivity index (χ1) is 11.5. The van der Waals surface area contributed by atoms with E-state index in [1.165, 1.54) is 24.3 Å². The second kappa shape index (κ2) is 6.45. The van der Waals surface area contributed by atoms with Crippen molar-refractivity contribution in [3.8, 4) is 0 Å². The molecule has 0 spiro atoms. The predicted molar refractivity (Wildman–Crippen MR) is 92.1 cm³/mol. The summed E-state index contributed by atoms with van der Waals surface area (Å²) in [5, 5.41) is 12.0. The molecule has 7 heteroatoms. The summed E-state index contributed by atoms with van der Waals surface area (Å²) in [7, 11) is 0. The number of hydrogen-bond acceptors (Lipinski definition) is 4. The average molecular weight is 389 g/mol. The number of amides is 2. The zero-order valence-corrected chi connectivity index (χ0v) is 14.0. The highest BCUT2D eigenvalue weighted by atomic mass is 79.9. The van der Waals surface area contributed by atoms with E-state index in [0.717, 1.165) is 15.1 Å². The molecule has 0 aliphatic carbocycles. The van der Waals surface area contributed by atoms with Crippen LogP contribution < -0.4 is 10.2 Å². The summed E-state index contributed by atoms with van der Waals surface area (Å²) in [6, 6.07) is 12.3. The van der Waals surface area contributed by atoms with Gasteiger partial charge in [0, 0.05) is 10.2 Å². The van der Waals surface area contributed by atoms with Crippen molar-refractivity contribution in [1.82, 2.24) is 0 Å². The lowest BCUT2D eigenvalue weighted by Crippen LogP contribution is -2.34. The van der Waals surface area contributed by atoms with E-state index in [-0.39, 0.29) is 23.8 Å². The van der Waals surface area contributed by atoms with Gasteiger partial charge in [0.2, 0.25) is 5.91 Å². The Morgan fingerprint density at radius 3 is 2.29 bits per heavy atom. The number of anilines is 2. The molecule has 1 saturated heterocycles. The Morgan fingerprint density at radius 2 is 1.71 bits per heavy atom. The van der Waals surface area contributed by atoms with Crippen LogP contribution in [0.15, 0.2) is 53.0 Å². The summed E-state index contributed by atoms with van der Waals surface area (Å²) in [4.78, 5) is 36.7. The maximum atomic E-state index is 12.5. The topological polar surface area (TPSA) is 86.7 Å². The highest BCUT2D eigenvalue weighted by Gasteiger charge is 2.39. The molecule has 0 bridgehead atoms. The van der Waals surface area contributed by atoms with Crippen molar-refractivity contribution in [1.29, 1.82) is 0 Å². The highest BCUT2D eigenvalue weighted by Crippen LogP contribution is 2.25. The molecule has 0 unspecified atom stereocenters. The van der Waals surface area contributed by atoms with Gasteiger partial charge in [-0.1, -0.05) is 15.9 Å². The van der Waals surface area contributed by atoms with Crippen molar-refractivity contribution >= 4 is 45.1 Å². The fourth-order valence-electron chi connectivity index (χ4n) is 2.52. The second-order valence-electron chi connectivity index (χ2n) is 5.33. The molecular weight excluding hydrogens is 376 g/mol. The molecule has 2 amide bonds. The number of nitrogens with zero attached hydrogens (tertiary/aromatic N) is 1. The zero-order valence-electron chi connectivity index (χ0n) is 12.4. The van der Waals surface area contributed by atoms with Gasteiger partial charge in [0.05, 0.1) is 17.7 Å². The molecule has 2 aromatic carbocycles. The monoisotopic (exact) mass is 388 g/mol. The largest absolute Gasteiger partial charge is 0.478 e. The molecule has 1 aliphatic rings. The second-order valence-corrected chi connectivity index (χ2v) is 6.24. The number of benzene rings is 2. The van der Waals surface area contributed by atoms with E-state index in [2.05, 4.69) is 21.2 Å². The minimum Gasteiger partial charge on any atom is -0.478 e. The SMILES string of the molecule is O=C(O)c1ccc(N2C(=O)C[C@@H](Nc3ccc(Br)cc3)C2=O)cc1. The quantitative estimate of drug-likeness (QED) is 0.786. The number of rotatable bonds is 4. The molecule has 2 N–H and O–H groups in total. The Bertz CT molecular complexity index is 802. The van der Waals surface area contributed by atoms with E-state index < -0.39 is 12.0 Å². The lowest BCUT2D eigenvalue weighted by Gasteiger charge is -2.16. The van der Waals surface area contributed by atoms with Crippen LogP contribution in [0.25, 0.3) is 0 Å². The third-order valence-corrected chi connectivity index (χ3v) is 4.23. The first kappa shape index (κ1) is 16.2. The van der Waals surface area contributed by atoms with Crippen molar-refractivity contribution < 1.29 is 19.5 Å². The van der Waals surface area contributed by atoms with Crippen LogP contribution in [0.1, 0.15) is 16.8 Å². The van der Waals surface area contributed by atoms with Gasteiger partial charge in [-0.25, -0.2) is 9.69 Å². The molecule has 24 heavy (non-hydrogen) atoms. The number of aromatic carboxylic acids is 1. The van der Waals surface area contributed by atoms with E-state index in [4.69, 9.17) is 5.11 Å². The molecule has 0 saturated carbocycles. The van der Waals surface area contributed by atoms with Crippen molar-refractivity contribution in [2.45, 2.75) is 12.5 Å². The third-order valence-electron chi connectivity index (χ3n) is 3.70. The molecule has 1 fully saturated rings. The van der Waals surface area contributed by atoms with Gasteiger partial charge in [0.1, 0.15) is 6.04 Å². The Balaban J connectivity index is 1.78. The number of hydrogen-bond donors (Lipinski definition) is 2.